The van der Waals surface area contributed by atoms with Crippen molar-refractivity contribution in [1.29, 1.82) is 0 Å². The molecule has 0 spiro atoms. The molecule has 0 heterocycles. The van der Waals surface area contributed by atoms with E-state index in [1.54, 1.807) is 14.2 Å². The number of carbonyl (C=O) groups is 1. The molecule has 0 atom stereocenters. The van der Waals surface area contributed by atoms with Gasteiger partial charge in [0.15, 0.2) is 11.5 Å². The van der Waals surface area contributed by atoms with Crippen LogP contribution in [0.2, 0.25) is 0 Å². The molecule has 0 aliphatic rings. The van der Waals surface area contributed by atoms with E-state index in [1.807, 2.05) is 42.5 Å². The molecule has 0 saturated carbocycles. The Bertz CT molecular complexity index is 771. The van der Waals surface area contributed by atoms with Gasteiger partial charge in [-0.1, -0.05) is 51.1 Å². The summed E-state index contributed by atoms with van der Waals surface area (Å²) in [7, 11) is 3.19. The van der Waals surface area contributed by atoms with E-state index in [0.717, 1.165) is 11.1 Å². The lowest BCUT2D eigenvalue weighted by Gasteiger charge is -2.11. The van der Waals surface area contributed by atoms with E-state index >= 15 is 0 Å². The van der Waals surface area contributed by atoms with Crippen LogP contribution in [0, 0.1) is 5.41 Å². The van der Waals surface area contributed by atoms with Gasteiger partial charge in [0.05, 0.1) is 14.2 Å². The molecule has 0 fully saturated rings. The monoisotopic (exact) mass is 353 g/mol. The lowest BCUT2D eigenvalue weighted by molar-refractivity contribution is 0.0951. The van der Waals surface area contributed by atoms with Gasteiger partial charge in [-0.05, 0) is 40.8 Å². The molecule has 2 aromatic carbocycles. The largest absolute Gasteiger partial charge is 0.493 e. The first-order valence-corrected chi connectivity index (χ1v) is 8.61. The second kappa shape index (κ2) is 8.56. The highest BCUT2D eigenvalue weighted by Crippen LogP contribution is 2.27. The third-order valence-electron chi connectivity index (χ3n) is 3.85. The average Bonchev–Trinajstić information content (AvgIpc) is 2.64. The van der Waals surface area contributed by atoms with Gasteiger partial charge in [-0.15, -0.1) is 0 Å². The maximum absolute atomic E-state index is 12.3. The van der Waals surface area contributed by atoms with Crippen LogP contribution >= 0.6 is 0 Å². The second-order valence-corrected chi connectivity index (χ2v) is 7.19. The van der Waals surface area contributed by atoms with Crippen molar-refractivity contribution in [2.75, 3.05) is 14.2 Å². The van der Waals surface area contributed by atoms with Crippen LogP contribution < -0.4 is 14.8 Å². The molecule has 4 nitrogen and oxygen atoms in total. The minimum atomic E-state index is -0.105. The number of allylic oxidation sites excluding steroid dienone is 1. The fourth-order valence-corrected chi connectivity index (χ4v) is 2.37. The van der Waals surface area contributed by atoms with Crippen LogP contribution in [-0.2, 0) is 6.54 Å². The fraction of sp³-hybridized carbons (Fsp3) is 0.318. The quantitative estimate of drug-likeness (QED) is 0.819. The Morgan fingerprint density at radius 2 is 1.65 bits per heavy atom. The normalized spacial score (nSPS) is 11.4. The van der Waals surface area contributed by atoms with Gasteiger partial charge in [0, 0.05) is 12.1 Å². The standard InChI is InChI=1S/C22H27NO3/c1-22(2,3)13-12-16-6-9-18(10-7-16)21(24)23-15-17-8-11-19(25-4)20(14-17)26-5/h6-14H,15H2,1-5H3,(H,23,24)/b13-12+. The van der Waals surface area contributed by atoms with Crippen molar-refractivity contribution >= 4 is 12.0 Å². The van der Waals surface area contributed by atoms with Crippen molar-refractivity contribution < 1.29 is 14.3 Å². The van der Waals surface area contributed by atoms with E-state index in [-0.39, 0.29) is 11.3 Å². The third-order valence-corrected chi connectivity index (χ3v) is 3.85. The van der Waals surface area contributed by atoms with Crippen LogP contribution in [0.5, 0.6) is 11.5 Å². The van der Waals surface area contributed by atoms with Crippen LogP contribution in [0.15, 0.2) is 48.5 Å². The van der Waals surface area contributed by atoms with Gasteiger partial charge in [0.2, 0.25) is 0 Å². The highest BCUT2D eigenvalue weighted by atomic mass is 16.5. The lowest BCUT2D eigenvalue weighted by Crippen LogP contribution is -2.22. The van der Waals surface area contributed by atoms with Crippen LogP contribution in [0.25, 0.3) is 6.08 Å². The molecule has 138 valence electrons. The molecule has 0 aromatic heterocycles. The summed E-state index contributed by atoms with van der Waals surface area (Å²) in [6.07, 6.45) is 4.23. The number of hydrogen-bond acceptors (Lipinski definition) is 3. The molecule has 2 rings (SSSR count). The first-order valence-electron chi connectivity index (χ1n) is 8.61. The van der Waals surface area contributed by atoms with Crippen molar-refractivity contribution in [2.45, 2.75) is 27.3 Å². The zero-order valence-electron chi connectivity index (χ0n) is 16.1. The van der Waals surface area contributed by atoms with E-state index in [0.29, 0.717) is 23.6 Å². The maximum Gasteiger partial charge on any atom is 0.251 e. The third kappa shape index (κ3) is 5.66. The van der Waals surface area contributed by atoms with Crippen LogP contribution in [-0.4, -0.2) is 20.1 Å². The predicted molar refractivity (Wildman–Crippen MR) is 106 cm³/mol. The maximum atomic E-state index is 12.3. The summed E-state index contributed by atoms with van der Waals surface area (Å²) in [5, 5.41) is 2.93. The molecule has 4 heteroatoms. The molecule has 0 unspecified atom stereocenters. The number of nitrogens with one attached hydrogen (secondary N) is 1. The average molecular weight is 353 g/mol. The molecule has 0 radical (unpaired) electrons. The highest BCUT2D eigenvalue weighted by Gasteiger charge is 2.08. The van der Waals surface area contributed by atoms with Gasteiger partial charge in [-0.2, -0.15) is 0 Å². The van der Waals surface area contributed by atoms with Gasteiger partial charge >= 0.3 is 0 Å². The zero-order chi connectivity index (χ0) is 19.2. The Morgan fingerprint density at radius 3 is 2.23 bits per heavy atom. The Labute approximate surface area is 155 Å². The van der Waals surface area contributed by atoms with Crippen LogP contribution in [0.1, 0.15) is 42.3 Å². The molecule has 1 amide bonds. The smallest absolute Gasteiger partial charge is 0.251 e. The SMILES string of the molecule is COc1ccc(CNC(=O)c2ccc(/C=C/C(C)(C)C)cc2)cc1OC. The molecule has 2 aromatic rings. The van der Waals surface area contributed by atoms with E-state index in [2.05, 4.69) is 38.2 Å². The van der Waals surface area contributed by atoms with E-state index in [1.165, 1.54) is 0 Å². The molecule has 1 N–H and O–H groups in total. The first-order chi connectivity index (χ1) is 12.3. The van der Waals surface area contributed by atoms with Gasteiger partial charge < -0.3 is 14.8 Å². The van der Waals surface area contributed by atoms with E-state index in [4.69, 9.17) is 9.47 Å². The van der Waals surface area contributed by atoms with Crippen molar-refractivity contribution in [2.24, 2.45) is 5.41 Å². The molecule has 0 aliphatic heterocycles. The number of carbonyl (C=O) groups excluding carboxylic acids is 1. The van der Waals surface area contributed by atoms with Gasteiger partial charge in [-0.3, -0.25) is 4.79 Å². The molecule has 26 heavy (non-hydrogen) atoms. The summed E-state index contributed by atoms with van der Waals surface area (Å²) in [6, 6.07) is 13.2. The van der Waals surface area contributed by atoms with Gasteiger partial charge in [0.1, 0.15) is 0 Å². The first kappa shape index (κ1) is 19.6. The Morgan fingerprint density at radius 1 is 1.00 bits per heavy atom. The highest BCUT2D eigenvalue weighted by molar-refractivity contribution is 5.94. The Balaban J connectivity index is 1.99. The number of rotatable bonds is 6. The topological polar surface area (TPSA) is 47.6 Å². The van der Waals surface area contributed by atoms with Crippen molar-refractivity contribution in [3.8, 4) is 11.5 Å². The summed E-state index contributed by atoms with van der Waals surface area (Å²) >= 11 is 0. The van der Waals surface area contributed by atoms with E-state index in [9.17, 15) is 4.79 Å². The summed E-state index contributed by atoms with van der Waals surface area (Å²) in [5.41, 5.74) is 2.80. The van der Waals surface area contributed by atoms with Crippen molar-refractivity contribution in [1.82, 2.24) is 5.32 Å². The summed E-state index contributed by atoms with van der Waals surface area (Å²) in [6.45, 7) is 6.88. The lowest BCUT2D eigenvalue weighted by atomic mass is 9.95. The number of ether oxygens (including phenoxy) is 2. The second-order valence-electron chi connectivity index (χ2n) is 7.19. The van der Waals surface area contributed by atoms with Gasteiger partial charge in [0.25, 0.3) is 5.91 Å². The van der Waals surface area contributed by atoms with E-state index < -0.39 is 0 Å². The Hall–Kier alpha value is -2.75. The number of amides is 1. The number of methoxy groups -OCH3 is 2. The van der Waals surface area contributed by atoms with Crippen molar-refractivity contribution in [3.63, 3.8) is 0 Å². The molecule has 0 saturated heterocycles. The van der Waals surface area contributed by atoms with Crippen LogP contribution in [0.4, 0.5) is 0 Å². The van der Waals surface area contributed by atoms with Crippen molar-refractivity contribution in [3.05, 3.63) is 65.2 Å². The molecule has 0 bridgehead atoms. The number of hydrogen-bond donors (Lipinski definition) is 1. The number of benzene rings is 2. The molecular formula is C22H27NO3. The zero-order valence-corrected chi connectivity index (χ0v) is 16.1. The fourth-order valence-electron chi connectivity index (χ4n) is 2.37. The molecular weight excluding hydrogens is 326 g/mol. The summed E-state index contributed by atoms with van der Waals surface area (Å²) < 4.78 is 10.5. The van der Waals surface area contributed by atoms with Crippen LogP contribution in [0.3, 0.4) is 0 Å². The summed E-state index contributed by atoms with van der Waals surface area (Å²) in [5.74, 6) is 1.21. The molecule has 0 aliphatic carbocycles. The predicted octanol–water partition coefficient (Wildman–Crippen LogP) is 4.69. The minimum absolute atomic E-state index is 0.105. The minimum Gasteiger partial charge on any atom is -0.493 e. The van der Waals surface area contributed by atoms with Gasteiger partial charge in [-0.25, -0.2) is 0 Å². The summed E-state index contributed by atoms with van der Waals surface area (Å²) in [4.78, 5) is 12.3. The Kier molecular flexibility index (Phi) is 6.45.